The fraction of sp³-hybridized carbons (Fsp3) is 0.414. The molecule has 4 N–H and O–H groups in total. The molecule has 35 heavy (non-hydrogen) atoms. The number of rotatable bonds is 7. The van der Waals surface area contributed by atoms with Gasteiger partial charge in [-0.3, -0.25) is 0 Å². The fourth-order valence-electron chi connectivity index (χ4n) is 5.50. The Balaban J connectivity index is 1.24. The Morgan fingerprint density at radius 2 is 1.66 bits per heavy atom. The second kappa shape index (κ2) is 11.0. The third-order valence-electron chi connectivity index (χ3n) is 7.41. The smallest absolute Gasteiger partial charge is 0.126 e. The lowest BCUT2D eigenvalue weighted by Crippen LogP contribution is -2.54. The molecular weight excluding hydrogens is 434 g/mol. The van der Waals surface area contributed by atoms with Crippen LogP contribution in [0.1, 0.15) is 38.5 Å². The molecule has 0 spiro atoms. The summed E-state index contributed by atoms with van der Waals surface area (Å²) in [7, 11) is 1.70. The van der Waals surface area contributed by atoms with E-state index in [1.807, 2.05) is 30.5 Å². The minimum atomic E-state index is 0.384. The van der Waals surface area contributed by atoms with Gasteiger partial charge in [-0.15, -0.1) is 0 Å². The minimum Gasteiger partial charge on any atom is -0.497 e. The number of nitrogens with one attached hydrogen (secondary N) is 2. The van der Waals surface area contributed by atoms with Crippen LogP contribution in [0.25, 0.3) is 11.1 Å². The van der Waals surface area contributed by atoms with Crippen LogP contribution in [0.15, 0.2) is 66.9 Å². The number of hydrogen-bond acceptors (Lipinski definition) is 6. The molecule has 0 radical (unpaired) electrons. The van der Waals surface area contributed by atoms with Crippen LogP contribution in [0.4, 0.5) is 17.2 Å². The maximum absolute atomic E-state index is 5.89. The van der Waals surface area contributed by atoms with E-state index in [-0.39, 0.29) is 0 Å². The number of pyridine rings is 1. The summed E-state index contributed by atoms with van der Waals surface area (Å²) in [4.78, 5) is 7.14. The molecule has 1 aliphatic carbocycles. The molecule has 3 atom stereocenters. The number of nitrogens with zero attached hydrogens (tertiary/aromatic N) is 2. The van der Waals surface area contributed by atoms with Gasteiger partial charge in [-0.2, -0.15) is 0 Å². The van der Waals surface area contributed by atoms with Gasteiger partial charge in [0, 0.05) is 48.8 Å². The normalized spacial score (nSPS) is 22.5. The Morgan fingerprint density at radius 1 is 0.886 bits per heavy atom. The summed E-state index contributed by atoms with van der Waals surface area (Å²) in [6.45, 7) is 2.15. The van der Waals surface area contributed by atoms with Crippen molar-refractivity contribution in [3.63, 3.8) is 0 Å². The van der Waals surface area contributed by atoms with Gasteiger partial charge < -0.3 is 26.0 Å². The highest BCUT2D eigenvalue weighted by molar-refractivity contribution is 5.67. The standard InChI is InChI=1S/C29H37N5O/c1-35-26-14-8-21(9-15-26)22-16-17-31-29(19-22)33-28-7-3-2-6-27(28)32-24-5-4-18-34(20-24)25-12-10-23(30)11-13-25/h8-17,19,24,27-28,32H,2-7,18,20,30H2,1H3,(H,31,33)/t24-,27+,28+/m0/s1. The minimum absolute atomic E-state index is 0.384. The van der Waals surface area contributed by atoms with Crippen LogP contribution in [0.2, 0.25) is 0 Å². The zero-order valence-corrected chi connectivity index (χ0v) is 20.6. The van der Waals surface area contributed by atoms with Crippen molar-refractivity contribution in [3.8, 4) is 16.9 Å². The summed E-state index contributed by atoms with van der Waals surface area (Å²) in [5.41, 5.74) is 10.3. The Hall–Kier alpha value is -3.25. The Bertz CT molecular complexity index is 1080. The molecule has 2 heterocycles. The van der Waals surface area contributed by atoms with Gasteiger partial charge in [-0.05, 0) is 85.3 Å². The molecule has 2 fully saturated rings. The van der Waals surface area contributed by atoms with E-state index in [0.717, 1.165) is 35.9 Å². The maximum atomic E-state index is 5.89. The third-order valence-corrected chi connectivity index (χ3v) is 7.41. The molecule has 6 heteroatoms. The Kier molecular flexibility index (Phi) is 7.38. The van der Waals surface area contributed by atoms with Crippen molar-refractivity contribution in [2.75, 3.05) is 36.1 Å². The molecule has 3 aromatic rings. The van der Waals surface area contributed by atoms with Gasteiger partial charge in [0.1, 0.15) is 11.6 Å². The quantitative estimate of drug-likeness (QED) is 0.405. The van der Waals surface area contributed by atoms with Crippen LogP contribution in [0.5, 0.6) is 5.75 Å². The van der Waals surface area contributed by atoms with E-state index in [1.54, 1.807) is 7.11 Å². The zero-order valence-electron chi connectivity index (χ0n) is 20.6. The molecule has 1 aliphatic heterocycles. The lowest BCUT2D eigenvalue weighted by atomic mass is 9.89. The zero-order chi connectivity index (χ0) is 24.0. The SMILES string of the molecule is COc1ccc(-c2ccnc(N[C@@H]3CCCC[C@H]3N[C@H]3CCCN(c4ccc(N)cc4)C3)c2)cc1. The molecule has 0 amide bonds. The van der Waals surface area contributed by atoms with E-state index in [9.17, 15) is 0 Å². The number of nitrogens with two attached hydrogens (primary N) is 1. The highest BCUT2D eigenvalue weighted by atomic mass is 16.5. The van der Waals surface area contributed by atoms with Gasteiger partial charge in [0.05, 0.1) is 7.11 Å². The average Bonchev–Trinajstić information content (AvgIpc) is 2.91. The Labute approximate surface area is 208 Å². The molecule has 5 rings (SSSR count). The first-order valence-electron chi connectivity index (χ1n) is 12.9. The second-order valence-electron chi connectivity index (χ2n) is 9.84. The van der Waals surface area contributed by atoms with Crippen molar-refractivity contribution in [1.29, 1.82) is 0 Å². The van der Waals surface area contributed by atoms with Gasteiger partial charge in [-0.1, -0.05) is 25.0 Å². The topological polar surface area (TPSA) is 75.4 Å². The summed E-state index contributed by atoms with van der Waals surface area (Å²) in [6.07, 6.45) is 9.24. The molecule has 184 valence electrons. The molecule has 2 aromatic carbocycles. The first-order chi connectivity index (χ1) is 17.2. The van der Waals surface area contributed by atoms with Gasteiger partial charge in [0.2, 0.25) is 0 Å². The van der Waals surface area contributed by atoms with E-state index in [4.69, 9.17) is 10.5 Å². The van der Waals surface area contributed by atoms with Gasteiger partial charge in [-0.25, -0.2) is 4.98 Å². The number of hydrogen-bond donors (Lipinski definition) is 3. The average molecular weight is 472 g/mol. The van der Waals surface area contributed by atoms with Crippen LogP contribution in [-0.2, 0) is 0 Å². The van der Waals surface area contributed by atoms with E-state index < -0.39 is 0 Å². The monoisotopic (exact) mass is 471 g/mol. The first kappa shape index (κ1) is 23.5. The number of nitrogen functional groups attached to an aromatic ring is 1. The van der Waals surface area contributed by atoms with E-state index in [0.29, 0.717) is 18.1 Å². The molecule has 0 unspecified atom stereocenters. The highest BCUT2D eigenvalue weighted by Crippen LogP contribution is 2.28. The first-order valence-corrected chi connectivity index (χ1v) is 12.9. The van der Waals surface area contributed by atoms with Crippen molar-refractivity contribution in [2.45, 2.75) is 56.7 Å². The number of methoxy groups -OCH3 is 1. The summed E-state index contributed by atoms with van der Waals surface area (Å²) < 4.78 is 5.30. The summed E-state index contributed by atoms with van der Waals surface area (Å²) >= 11 is 0. The van der Waals surface area contributed by atoms with Crippen molar-refractivity contribution >= 4 is 17.2 Å². The van der Waals surface area contributed by atoms with Gasteiger partial charge >= 0.3 is 0 Å². The van der Waals surface area contributed by atoms with Crippen LogP contribution in [0, 0.1) is 0 Å². The molecule has 2 aliphatic rings. The maximum Gasteiger partial charge on any atom is 0.126 e. The molecule has 6 nitrogen and oxygen atoms in total. The largest absolute Gasteiger partial charge is 0.497 e. The fourth-order valence-corrected chi connectivity index (χ4v) is 5.50. The van der Waals surface area contributed by atoms with E-state index in [1.165, 1.54) is 49.8 Å². The molecule has 0 bridgehead atoms. The van der Waals surface area contributed by atoms with Crippen LogP contribution in [0.3, 0.4) is 0 Å². The number of benzene rings is 2. The summed E-state index contributed by atoms with van der Waals surface area (Å²) in [5, 5.41) is 7.80. The molecule has 1 saturated heterocycles. The number of aromatic nitrogens is 1. The summed E-state index contributed by atoms with van der Waals surface area (Å²) in [6, 6.07) is 22.0. The molecule has 1 aromatic heterocycles. The van der Waals surface area contributed by atoms with E-state index in [2.05, 4.69) is 56.9 Å². The van der Waals surface area contributed by atoms with E-state index >= 15 is 0 Å². The predicted octanol–water partition coefficient (Wildman–Crippen LogP) is 5.32. The van der Waals surface area contributed by atoms with Crippen molar-refractivity contribution in [1.82, 2.24) is 10.3 Å². The van der Waals surface area contributed by atoms with Crippen molar-refractivity contribution in [3.05, 3.63) is 66.9 Å². The van der Waals surface area contributed by atoms with Crippen molar-refractivity contribution < 1.29 is 4.74 Å². The lowest BCUT2D eigenvalue weighted by Gasteiger charge is -2.40. The second-order valence-corrected chi connectivity index (χ2v) is 9.84. The Morgan fingerprint density at radius 3 is 2.43 bits per heavy atom. The van der Waals surface area contributed by atoms with Crippen LogP contribution in [-0.4, -0.2) is 43.3 Å². The number of piperidine rings is 1. The van der Waals surface area contributed by atoms with Gasteiger partial charge in [0.15, 0.2) is 0 Å². The number of ether oxygens (including phenoxy) is 1. The van der Waals surface area contributed by atoms with Crippen molar-refractivity contribution in [2.24, 2.45) is 0 Å². The molecule has 1 saturated carbocycles. The third kappa shape index (κ3) is 5.88. The highest BCUT2D eigenvalue weighted by Gasteiger charge is 2.29. The predicted molar refractivity (Wildman–Crippen MR) is 145 cm³/mol. The lowest BCUT2D eigenvalue weighted by molar-refractivity contribution is 0.293. The van der Waals surface area contributed by atoms with Crippen LogP contribution < -0.4 is 26.0 Å². The number of anilines is 3. The van der Waals surface area contributed by atoms with Gasteiger partial charge in [0.25, 0.3) is 0 Å². The molecular formula is C29H37N5O. The van der Waals surface area contributed by atoms with Crippen LogP contribution >= 0.6 is 0 Å². The summed E-state index contributed by atoms with van der Waals surface area (Å²) in [5.74, 6) is 1.82.